The summed E-state index contributed by atoms with van der Waals surface area (Å²) in [5.41, 5.74) is 5.73. The molecule has 3 N–H and O–H groups in total. The third-order valence-corrected chi connectivity index (χ3v) is 2.34. The van der Waals surface area contributed by atoms with Crippen molar-refractivity contribution in [3.05, 3.63) is 11.9 Å². The van der Waals surface area contributed by atoms with Gasteiger partial charge in [-0.2, -0.15) is 0 Å². The Kier molecular flexibility index (Phi) is 5.65. The fraction of sp³-hybridized carbons (Fsp3) is 0.636. The molecule has 6 heteroatoms. The maximum absolute atomic E-state index is 8.85. The standard InChI is InChI=1S/C11H20N4O2/c1-3-15(5-4-6-16)11-7-9(12)13-10(14-11)8-17-2/h7,16H,3-6,8H2,1-2H3,(H2,12,13,14). The molecule has 0 radical (unpaired) electrons. The number of hydrogen-bond donors (Lipinski definition) is 2. The molecule has 1 aromatic rings. The molecule has 1 rings (SSSR count). The predicted octanol–water partition coefficient (Wildman–Crippen LogP) is 0.414. The van der Waals surface area contributed by atoms with Crippen molar-refractivity contribution in [2.45, 2.75) is 20.0 Å². The second-order valence-electron chi connectivity index (χ2n) is 3.66. The van der Waals surface area contributed by atoms with Crippen molar-refractivity contribution in [3.8, 4) is 0 Å². The molecule has 0 amide bonds. The molecule has 0 unspecified atom stereocenters. The van der Waals surface area contributed by atoms with Crippen LogP contribution in [0.1, 0.15) is 19.2 Å². The van der Waals surface area contributed by atoms with Crippen LogP contribution in [0.2, 0.25) is 0 Å². The molecular weight excluding hydrogens is 220 g/mol. The van der Waals surface area contributed by atoms with Crippen LogP contribution in [0.15, 0.2) is 6.07 Å². The highest BCUT2D eigenvalue weighted by atomic mass is 16.5. The average molecular weight is 240 g/mol. The summed E-state index contributed by atoms with van der Waals surface area (Å²) in [7, 11) is 1.59. The molecule has 0 atom stereocenters. The molecule has 96 valence electrons. The van der Waals surface area contributed by atoms with Crippen LogP contribution in [0.5, 0.6) is 0 Å². The minimum atomic E-state index is 0.169. The van der Waals surface area contributed by atoms with Gasteiger partial charge >= 0.3 is 0 Å². The smallest absolute Gasteiger partial charge is 0.158 e. The Labute approximate surface area is 101 Å². The van der Waals surface area contributed by atoms with Crippen molar-refractivity contribution in [1.82, 2.24) is 9.97 Å². The Morgan fingerprint density at radius 1 is 1.47 bits per heavy atom. The van der Waals surface area contributed by atoms with Gasteiger partial charge in [0.15, 0.2) is 5.82 Å². The Bertz CT molecular complexity index is 346. The number of hydrogen-bond acceptors (Lipinski definition) is 6. The number of ether oxygens (including phenoxy) is 1. The van der Waals surface area contributed by atoms with Gasteiger partial charge in [0.05, 0.1) is 0 Å². The molecule has 0 fully saturated rings. The van der Waals surface area contributed by atoms with E-state index in [-0.39, 0.29) is 6.61 Å². The van der Waals surface area contributed by atoms with Crippen LogP contribution < -0.4 is 10.6 Å². The number of aliphatic hydroxyl groups is 1. The van der Waals surface area contributed by atoms with Crippen molar-refractivity contribution >= 4 is 11.6 Å². The van der Waals surface area contributed by atoms with Crippen molar-refractivity contribution in [2.24, 2.45) is 0 Å². The summed E-state index contributed by atoms with van der Waals surface area (Å²) in [5, 5.41) is 8.85. The Morgan fingerprint density at radius 3 is 2.82 bits per heavy atom. The van der Waals surface area contributed by atoms with E-state index in [9.17, 15) is 0 Å². The predicted molar refractivity (Wildman–Crippen MR) is 66.7 cm³/mol. The number of methoxy groups -OCH3 is 1. The molecule has 0 aliphatic rings. The van der Waals surface area contributed by atoms with Gasteiger partial charge in [-0.1, -0.05) is 0 Å². The van der Waals surface area contributed by atoms with Gasteiger partial charge in [0, 0.05) is 32.9 Å². The van der Waals surface area contributed by atoms with Crippen molar-refractivity contribution in [2.75, 3.05) is 37.4 Å². The summed E-state index contributed by atoms with van der Waals surface area (Å²) in [6.07, 6.45) is 0.706. The van der Waals surface area contributed by atoms with Crippen LogP contribution in [0.25, 0.3) is 0 Å². The van der Waals surface area contributed by atoms with Gasteiger partial charge in [-0.15, -0.1) is 0 Å². The fourth-order valence-electron chi connectivity index (χ4n) is 1.55. The lowest BCUT2D eigenvalue weighted by Gasteiger charge is -2.22. The molecule has 6 nitrogen and oxygen atoms in total. The van der Waals surface area contributed by atoms with Gasteiger partial charge in [0.1, 0.15) is 18.2 Å². The minimum absolute atomic E-state index is 0.169. The fourth-order valence-corrected chi connectivity index (χ4v) is 1.55. The molecule has 1 heterocycles. The van der Waals surface area contributed by atoms with Gasteiger partial charge in [0.2, 0.25) is 0 Å². The number of nitrogen functional groups attached to an aromatic ring is 1. The first-order valence-electron chi connectivity index (χ1n) is 5.69. The zero-order chi connectivity index (χ0) is 12.7. The average Bonchev–Trinajstić information content (AvgIpc) is 2.30. The lowest BCUT2D eigenvalue weighted by molar-refractivity contribution is 0.178. The van der Waals surface area contributed by atoms with E-state index >= 15 is 0 Å². The number of rotatable bonds is 7. The van der Waals surface area contributed by atoms with Crippen LogP contribution >= 0.6 is 0 Å². The highest BCUT2D eigenvalue weighted by Crippen LogP contribution is 2.14. The van der Waals surface area contributed by atoms with Crippen molar-refractivity contribution < 1.29 is 9.84 Å². The van der Waals surface area contributed by atoms with Crippen LogP contribution in [0.3, 0.4) is 0 Å². The monoisotopic (exact) mass is 240 g/mol. The van der Waals surface area contributed by atoms with E-state index in [0.717, 1.165) is 18.9 Å². The van der Waals surface area contributed by atoms with Crippen LogP contribution in [-0.2, 0) is 11.3 Å². The molecule has 0 saturated carbocycles. The Hall–Kier alpha value is -1.40. The number of anilines is 2. The first kappa shape index (κ1) is 13.7. The van der Waals surface area contributed by atoms with Crippen LogP contribution in [-0.4, -0.2) is 41.9 Å². The van der Waals surface area contributed by atoms with E-state index in [1.165, 1.54) is 0 Å². The largest absolute Gasteiger partial charge is 0.396 e. The highest BCUT2D eigenvalue weighted by Gasteiger charge is 2.09. The zero-order valence-electron chi connectivity index (χ0n) is 10.4. The van der Waals surface area contributed by atoms with E-state index in [0.29, 0.717) is 24.7 Å². The van der Waals surface area contributed by atoms with E-state index in [2.05, 4.69) is 9.97 Å². The van der Waals surface area contributed by atoms with Crippen molar-refractivity contribution in [3.63, 3.8) is 0 Å². The highest BCUT2D eigenvalue weighted by molar-refractivity contribution is 5.46. The van der Waals surface area contributed by atoms with Crippen LogP contribution in [0, 0.1) is 0 Å². The molecular formula is C11H20N4O2. The lowest BCUT2D eigenvalue weighted by Crippen LogP contribution is -2.26. The van der Waals surface area contributed by atoms with Gasteiger partial charge in [-0.3, -0.25) is 0 Å². The maximum Gasteiger partial charge on any atom is 0.158 e. The topological polar surface area (TPSA) is 84.5 Å². The molecule has 0 saturated heterocycles. The quantitative estimate of drug-likeness (QED) is 0.718. The molecule has 0 bridgehead atoms. The Balaban J connectivity index is 2.85. The van der Waals surface area contributed by atoms with E-state index < -0.39 is 0 Å². The normalized spacial score (nSPS) is 10.5. The SMILES string of the molecule is CCN(CCCO)c1cc(N)nc(COC)n1. The van der Waals surface area contributed by atoms with Crippen molar-refractivity contribution in [1.29, 1.82) is 0 Å². The van der Waals surface area contributed by atoms with E-state index in [1.54, 1.807) is 13.2 Å². The first-order chi connectivity index (χ1) is 8.21. The van der Waals surface area contributed by atoms with Gasteiger partial charge < -0.3 is 20.5 Å². The molecule has 0 aromatic carbocycles. The number of nitrogens with zero attached hydrogens (tertiary/aromatic N) is 3. The summed E-state index contributed by atoms with van der Waals surface area (Å²) in [4.78, 5) is 10.5. The molecule has 17 heavy (non-hydrogen) atoms. The second kappa shape index (κ2) is 7.03. The summed E-state index contributed by atoms with van der Waals surface area (Å²) in [6.45, 7) is 4.10. The second-order valence-corrected chi connectivity index (χ2v) is 3.66. The van der Waals surface area contributed by atoms with Gasteiger partial charge in [-0.25, -0.2) is 9.97 Å². The number of aliphatic hydroxyl groups excluding tert-OH is 1. The summed E-state index contributed by atoms with van der Waals surface area (Å²) in [5.74, 6) is 1.79. The zero-order valence-corrected chi connectivity index (χ0v) is 10.4. The molecule has 0 spiro atoms. The first-order valence-corrected chi connectivity index (χ1v) is 5.69. The summed E-state index contributed by atoms with van der Waals surface area (Å²) < 4.78 is 4.99. The molecule has 0 aliphatic heterocycles. The maximum atomic E-state index is 8.85. The van der Waals surface area contributed by atoms with E-state index in [4.69, 9.17) is 15.6 Å². The van der Waals surface area contributed by atoms with Gasteiger partial charge in [-0.05, 0) is 13.3 Å². The number of nitrogens with two attached hydrogens (primary N) is 1. The summed E-state index contributed by atoms with van der Waals surface area (Å²) in [6, 6.07) is 1.74. The molecule has 1 aromatic heterocycles. The van der Waals surface area contributed by atoms with Crippen LogP contribution in [0.4, 0.5) is 11.6 Å². The third kappa shape index (κ3) is 4.16. The summed E-state index contributed by atoms with van der Waals surface area (Å²) >= 11 is 0. The minimum Gasteiger partial charge on any atom is -0.396 e. The number of aromatic nitrogens is 2. The van der Waals surface area contributed by atoms with E-state index in [1.807, 2.05) is 11.8 Å². The van der Waals surface area contributed by atoms with Gasteiger partial charge in [0.25, 0.3) is 0 Å². The Morgan fingerprint density at radius 2 is 2.24 bits per heavy atom. The lowest BCUT2D eigenvalue weighted by atomic mass is 10.3. The molecule has 0 aliphatic carbocycles. The third-order valence-electron chi connectivity index (χ3n) is 2.34.